The number of rotatable bonds is 5. The number of nitrogens with one attached hydrogen (secondary N) is 2. The van der Waals surface area contributed by atoms with Gasteiger partial charge in [-0.25, -0.2) is 13.6 Å². The van der Waals surface area contributed by atoms with Crippen molar-refractivity contribution >= 4 is 35.8 Å². The van der Waals surface area contributed by atoms with Crippen LogP contribution in [-0.4, -0.2) is 37.9 Å². The quantitative estimate of drug-likeness (QED) is 0.289. The van der Waals surface area contributed by atoms with Crippen molar-refractivity contribution in [3.8, 4) is 11.1 Å². The van der Waals surface area contributed by atoms with Crippen molar-refractivity contribution in [1.29, 1.82) is 0 Å². The fourth-order valence-corrected chi connectivity index (χ4v) is 5.72. The molecule has 206 valence electrons. The van der Waals surface area contributed by atoms with Crippen LogP contribution in [0.3, 0.4) is 0 Å². The van der Waals surface area contributed by atoms with Gasteiger partial charge in [-0.1, -0.05) is 30.3 Å². The number of carbonyl (C=O) groups is 2. The SMILES string of the molecule is Cc1c(-c2ccccc2P(C)(C)=O)ccc(N2CC[C@@H](NC(=O)Nc3ccc(C(F)(F)F)cc3F)C2=O)c1F. The molecule has 1 aliphatic rings. The highest BCUT2D eigenvalue weighted by Gasteiger charge is 2.36. The molecule has 39 heavy (non-hydrogen) atoms. The van der Waals surface area contributed by atoms with Gasteiger partial charge in [0.05, 0.1) is 16.9 Å². The number of urea groups is 1. The average molecular weight is 565 g/mol. The summed E-state index contributed by atoms with van der Waals surface area (Å²) in [5.74, 6) is -2.54. The number of hydrogen-bond acceptors (Lipinski definition) is 3. The van der Waals surface area contributed by atoms with Crippen LogP contribution in [0, 0.1) is 18.6 Å². The number of halogens is 5. The molecular weight excluding hydrogens is 540 g/mol. The zero-order valence-corrected chi connectivity index (χ0v) is 22.1. The molecule has 0 radical (unpaired) electrons. The van der Waals surface area contributed by atoms with Crippen molar-refractivity contribution in [1.82, 2.24) is 5.32 Å². The van der Waals surface area contributed by atoms with Gasteiger partial charge >= 0.3 is 12.2 Å². The summed E-state index contributed by atoms with van der Waals surface area (Å²) in [5, 5.41) is 5.06. The van der Waals surface area contributed by atoms with Crippen LogP contribution in [0.25, 0.3) is 11.1 Å². The molecule has 3 amide bonds. The Morgan fingerprint density at radius 3 is 2.36 bits per heavy atom. The van der Waals surface area contributed by atoms with Crippen LogP contribution in [-0.2, 0) is 15.5 Å². The molecule has 12 heteroatoms. The minimum absolute atomic E-state index is 0.00778. The van der Waals surface area contributed by atoms with Crippen LogP contribution < -0.4 is 20.8 Å². The lowest BCUT2D eigenvalue weighted by atomic mass is 9.99. The highest BCUT2D eigenvalue weighted by atomic mass is 31.2. The van der Waals surface area contributed by atoms with E-state index in [1.807, 2.05) is 0 Å². The van der Waals surface area contributed by atoms with Crippen molar-refractivity contribution in [2.45, 2.75) is 25.6 Å². The third kappa shape index (κ3) is 5.83. The third-order valence-electron chi connectivity index (χ3n) is 6.49. The first kappa shape index (κ1) is 28.3. The summed E-state index contributed by atoms with van der Waals surface area (Å²) in [6.07, 6.45) is -4.62. The van der Waals surface area contributed by atoms with Gasteiger partial charge in [-0.15, -0.1) is 0 Å². The van der Waals surface area contributed by atoms with E-state index in [1.54, 1.807) is 50.6 Å². The maximum absolute atomic E-state index is 15.6. The van der Waals surface area contributed by atoms with Crippen molar-refractivity contribution in [2.24, 2.45) is 0 Å². The maximum Gasteiger partial charge on any atom is 0.416 e. The summed E-state index contributed by atoms with van der Waals surface area (Å²) < 4.78 is 80.6. The summed E-state index contributed by atoms with van der Waals surface area (Å²) in [6.45, 7) is 4.90. The van der Waals surface area contributed by atoms with Crippen LogP contribution in [0.5, 0.6) is 0 Å². The van der Waals surface area contributed by atoms with E-state index in [0.717, 1.165) is 6.07 Å². The Morgan fingerprint density at radius 1 is 1.03 bits per heavy atom. The second-order valence-electron chi connectivity index (χ2n) is 9.56. The predicted molar refractivity (Wildman–Crippen MR) is 140 cm³/mol. The number of hydrogen-bond donors (Lipinski definition) is 2. The topological polar surface area (TPSA) is 78.5 Å². The monoisotopic (exact) mass is 565 g/mol. The largest absolute Gasteiger partial charge is 0.416 e. The van der Waals surface area contributed by atoms with Gasteiger partial charge in [0.25, 0.3) is 0 Å². The highest BCUT2D eigenvalue weighted by molar-refractivity contribution is 7.70. The van der Waals surface area contributed by atoms with Crippen LogP contribution in [0.2, 0.25) is 0 Å². The number of carbonyl (C=O) groups excluding carboxylic acids is 2. The lowest BCUT2D eigenvalue weighted by Gasteiger charge is -2.21. The average Bonchev–Trinajstić information content (AvgIpc) is 3.20. The number of anilines is 2. The van der Waals surface area contributed by atoms with Crippen molar-refractivity contribution in [2.75, 3.05) is 30.1 Å². The standard InChI is InChI=1S/C27H25F5N3O3P/c1-15-17(18-6-4-5-7-23(18)39(2,3)38)9-11-22(24(15)29)35-13-12-21(25(35)36)34-26(37)33-20-10-8-16(14-19(20)28)27(30,31)32/h4-11,14,21H,12-13H2,1-3H3,(H2,33,34,37)/t21-/m1/s1. The van der Waals surface area contributed by atoms with Crippen molar-refractivity contribution in [3.63, 3.8) is 0 Å². The third-order valence-corrected chi connectivity index (χ3v) is 8.04. The van der Waals surface area contributed by atoms with E-state index in [9.17, 15) is 31.7 Å². The molecule has 0 aromatic heterocycles. The van der Waals surface area contributed by atoms with Gasteiger partial charge in [0.15, 0.2) is 0 Å². The smallest absolute Gasteiger partial charge is 0.326 e. The molecule has 3 aromatic carbocycles. The van der Waals surface area contributed by atoms with E-state index in [0.29, 0.717) is 22.5 Å². The Kier molecular flexibility index (Phi) is 7.58. The molecule has 3 aromatic rings. The molecule has 1 saturated heterocycles. The zero-order chi connectivity index (χ0) is 28.7. The molecule has 1 heterocycles. The molecule has 4 rings (SSSR count). The first-order valence-corrected chi connectivity index (χ1v) is 14.5. The summed E-state index contributed by atoms with van der Waals surface area (Å²) >= 11 is 0. The molecule has 1 fully saturated rings. The molecule has 0 bridgehead atoms. The van der Waals surface area contributed by atoms with Crippen molar-refractivity contribution in [3.05, 3.63) is 77.4 Å². The molecule has 1 atom stereocenters. The number of benzene rings is 3. The van der Waals surface area contributed by atoms with E-state index in [-0.39, 0.29) is 30.3 Å². The van der Waals surface area contributed by atoms with Crippen LogP contribution in [0.4, 0.5) is 38.1 Å². The summed E-state index contributed by atoms with van der Waals surface area (Å²) in [5.41, 5.74) is -0.272. The van der Waals surface area contributed by atoms with E-state index < -0.39 is 54.2 Å². The van der Waals surface area contributed by atoms with Gasteiger partial charge in [-0.2, -0.15) is 13.2 Å². The van der Waals surface area contributed by atoms with Gasteiger partial charge in [0.2, 0.25) is 5.91 Å². The van der Waals surface area contributed by atoms with E-state index in [4.69, 9.17) is 0 Å². The summed E-state index contributed by atoms with van der Waals surface area (Å²) in [4.78, 5) is 26.5. The van der Waals surface area contributed by atoms with E-state index in [1.165, 1.54) is 11.0 Å². The normalized spacial score (nSPS) is 15.9. The minimum Gasteiger partial charge on any atom is -0.326 e. The van der Waals surface area contributed by atoms with Crippen molar-refractivity contribution < 1.29 is 36.1 Å². The number of amides is 3. The fourth-order valence-electron chi connectivity index (χ4n) is 4.50. The predicted octanol–water partition coefficient (Wildman–Crippen LogP) is 6.13. The van der Waals surface area contributed by atoms with Crippen LogP contribution in [0.15, 0.2) is 54.6 Å². The molecule has 6 nitrogen and oxygen atoms in total. The lowest BCUT2D eigenvalue weighted by molar-refractivity contribution is -0.137. The molecule has 2 N–H and O–H groups in total. The summed E-state index contributed by atoms with van der Waals surface area (Å²) in [6, 6.07) is 9.71. The molecule has 0 saturated carbocycles. The van der Waals surface area contributed by atoms with Gasteiger partial charge in [0, 0.05) is 11.8 Å². The first-order valence-electron chi connectivity index (χ1n) is 11.9. The lowest BCUT2D eigenvalue weighted by Crippen LogP contribution is -2.43. The Morgan fingerprint density at radius 2 is 1.72 bits per heavy atom. The van der Waals surface area contributed by atoms with Crippen LogP contribution in [0.1, 0.15) is 17.5 Å². The zero-order valence-electron chi connectivity index (χ0n) is 21.2. The Labute approximate surface area is 221 Å². The Balaban J connectivity index is 1.50. The van der Waals surface area contributed by atoms with E-state index >= 15 is 4.39 Å². The van der Waals surface area contributed by atoms with Gasteiger partial charge in [0.1, 0.15) is 24.8 Å². The molecule has 0 unspecified atom stereocenters. The van der Waals surface area contributed by atoms with Gasteiger partial charge in [-0.05, 0) is 67.6 Å². The second kappa shape index (κ2) is 10.4. The Bertz CT molecular complexity index is 1500. The second-order valence-corrected chi connectivity index (χ2v) is 12.7. The molecule has 0 aliphatic carbocycles. The highest BCUT2D eigenvalue weighted by Crippen LogP contribution is 2.41. The summed E-state index contributed by atoms with van der Waals surface area (Å²) in [7, 11) is -2.67. The molecule has 1 aliphatic heterocycles. The number of alkyl halides is 3. The maximum atomic E-state index is 15.6. The molecular formula is C27H25F5N3O3P. The van der Waals surface area contributed by atoms with Gasteiger partial charge < -0.3 is 20.1 Å². The van der Waals surface area contributed by atoms with E-state index in [2.05, 4.69) is 10.6 Å². The molecule has 0 spiro atoms. The van der Waals surface area contributed by atoms with Crippen LogP contribution >= 0.6 is 7.14 Å². The Hall–Kier alpha value is -3.72. The number of nitrogens with zero attached hydrogens (tertiary/aromatic N) is 1. The minimum atomic E-state index is -4.75. The fraction of sp³-hybridized carbons (Fsp3) is 0.259. The first-order chi connectivity index (χ1) is 18.2. The van der Waals surface area contributed by atoms with Gasteiger partial charge in [-0.3, -0.25) is 4.79 Å².